The number of rotatable bonds is 6. The summed E-state index contributed by atoms with van der Waals surface area (Å²) in [6, 6.07) is 7.90. The number of nitrogens with one attached hydrogen (secondary N) is 1. The molecule has 0 heterocycles. The second kappa shape index (κ2) is 6.83. The van der Waals surface area contributed by atoms with Gasteiger partial charge in [-0.1, -0.05) is 23.7 Å². The molecule has 84 valence electrons. The molecule has 1 atom stereocenters. The molecule has 0 radical (unpaired) electrons. The monoisotopic (exact) mass is 227 g/mol. The second-order valence-corrected chi connectivity index (χ2v) is 4.20. The van der Waals surface area contributed by atoms with E-state index in [1.807, 2.05) is 24.3 Å². The summed E-state index contributed by atoms with van der Waals surface area (Å²) in [6.45, 7) is 3.61. The Labute approximate surface area is 96.3 Å². The maximum absolute atomic E-state index is 9.04. The fraction of sp³-hybridized carbons (Fsp3) is 0.500. The Hall–Kier alpha value is -0.570. The molecule has 15 heavy (non-hydrogen) atoms. The Kier molecular flexibility index (Phi) is 5.69. The van der Waals surface area contributed by atoms with Crippen LogP contribution in [0, 0.1) is 0 Å². The lowest BCUT2D eigenvalue weighted by atomic mass is 10.1. The summed E-state index contributed by atoms with van der Waals surface area (Å²) in [6.07, 6.45) is 1.59. The third-order valence-corrected chi connectivity index (χ3v) is 2.49. The summed E-state index contributed by atoms with van der Waals surface area (Å²) < 4.78 is 0. The van der Waals surface area contributed by atoms with Gasteiger partial charge in [-0.2, -0.15) is 0 Å². The molecule has 1 rings (SSSR count). The van der Waals surface area contributed by atoms with Crippen LogP contribution in [0.4, 0.5) is 0 Å². The third kappa shape index (κ3) is 5.78. The van der Waals surface area contributed by atoms with Crippen LogP contribution < -0.4 is 5.32 Å². The standard InChI is InChI=1S/C12H18ClNO/c1-10(15)6-8-14-9-7-11-2-4-12(13)5-3-11/h2-5,10,14-15H,6-9H2,1H3. The minimum absolute atomic E-state index is 0.215. The zero-order valence-corrected chi connectivity index (χ0v) is 9.80. The molecule has 0 saturated heterocycles. The molecule has 1 unspecified atom stereocenters. The molecule has 0 saturated carbocycles. The van der Waals surface area contributed by atoms with Gasteiger partial charge in [0, 0.05) is 5.02 Å². The Balaban J connectivity index is 2.12. The molecule has 1 aromatic carbocycles. The maximum atomic E-state index is 9.04. The van der Waals surface area contributed by atoms with E-state index in [0.29, 0.717) is 0 Å². The number of hydrogen-bond donors (Lipinski definition) is 2. The average molecular weight is 228 g/mol. The highest BCUT2D eigenvalue weighted by Crippen LogP contribution is 2.09. The number of hydrogen-bond acceptors (Lipinski definition) is 2. The lowest BCUT2D eigenvalue weighted by molar-refractivity contribution is 0.184. The number of aliphatic hydroxyl groups is 1. The third-order valence-electron chi connectivity index (χ3n) is 2.24. The van der Waals surface area contributed by atoms with Crippen LogP contribution in [0.25, 0.3) is 0 Å². The van der Waals surface area contributed by atoms with Crippen molar-refractivity contribution < 1.29 is 5.11 Å². The Morgan fingerprint density at radius 3 is 2.53 bits per heavy atom. The molecule has 0 fully saturated rings. The van der Waals surface area contributed by atoms with Gasteiger partial charge in [-0.25, -0.2) is 0 Å². The minimum Gasteiger partial charge on any atom is -0.393 e. The zero-order valence-electron chi connectivity index (χ0n) is 9.04. The van der Waals surface area contributed by atoms with Crippen molar-refractivity contribution in [1.29, 1.82) is 0 Å². The number of aliphatic hydroxyl groups excluding tert-OH is 1. The summed E-state index contributed by atoms with van der Waals surface area (Å²) in [4.78, 5) is 0. The van der Waals surface area contributed by atoms with Crippen molar-refractivity contribution in [2.45, 2.75) is 25.9 Å². The van der Waals surface area contributed by atoms with E-state index in [1.165, 1.54) is 5.56 Å². The molecule has 0 bridgehead atoms. The van der Waals surface area contributed by atoms with Crippen molar-refractivity contribution in [3.8, 4) is 0 Å². The van der Waals surface area contributed by atoms with Gasteiger partial charge < -0.3 is 10.4 Å². The van der Waals surface area contributed by atoms with E-state index in [4.69, 9.17) is 16.7 Å². The van der Waals surface area contributed by atoms with Crippen LogP contribution in [0.1, 0.15) is 18.9 Å². The van der Waals surface area contributed by atoms with Crippen LogP contribution in [0.3, 0.4) is 0 Å². The van der Waals surface area contributed by atoms with Crippen molar-refractivity contribution in [2.75, 3.05) is 13.1 Å². The van der Waals surface area contributed by atoms with Gasteiger partial charge >= 0.3 is 0 Å². The highest BCUT2D eigenvalue weighted by molar-refractivity contribution is 6.30. The van der Waals surface area contributed by atoms with E-state index in [0.717, 1.165) is 31.0 Å². The van der Waals surface area contributed by atoms with Crippen LogP contribution in [0.15, 0.2) is 24.3 Å². The normalized spacial score (nSPS) is 12.7. The molecule has 0 aliphatic rings. The highest BCUT2D eigenvalue weighted by Gasteiger charge is 1.95. The first-order valence-electron chi connectivity index (χ1n) is 5.31. The van der Waals surface area contributed by atoms with Gasteiger partial charge in [0.25, 0.3) is 0 Å². The van der Waals surface area contributed by atoms with E-state index in [1.54, 1.807) is 6.92 Å². The van der Waals surface area contributed by atoms with Crippen LogP contribution in [-0.2, 0) is 6.42 Å². The van der Waals surface area contributed by atoms with Gasteiger partial charge in [-0.3, -0.25) is 0 Å². The van der Waals surface area contributed by atoms with Crippen LogP contribution in [-0.4, -0.2) is 24.3 Å². The van der Waals surface area contributed by atoms with E-state index < -0.39 is 0 Å². The van der Waals surface area contributed by atoms with Crippen molar-refractivity contribution in [3.05, 3.63) is 34.9 Å². The molecule has 0 aliphatic heterocycles. The van der Waals surface area contributed by atoms with Crippen molar-refractivity contribution in [1.82, 2.24) is 5.32 Å². The lowest BCUT2D eigenvalue weighted by Gasteiger charge is -2.06. The van der Waals surface area contributed by atoms with Crippen LogP contribution in [0.5, 0.6) is 0 Å². The van der Waals surface area contributed by atoms with Gasteiger partial charge in [-0.15, -0.1) is 0 Å². The fourth-order valence-electron chi connectivity index (χ4n) is 1.32. The van der Waals surface area contributed by atoms with Gasteiger partial charge in [0.15, 0.2) is 0 Å². The topological polar surface area (TPSA) is 32.3 Å². The fourth-order valence-corrected chi connectivity index (χ4v) is 1.45. The molecule has 2 nitrogen and oxygen atoms in total. The average Bonchev–Trinajstić information content (AvgIpc) is 2.20. The Morgan fingerprint density at radius 2 is 1.93 bits per heavy atom. The molecule has 3 heteroatoms. The maximum Gasteiger partial charge on any atom is 0.0524 e. The first kappa shape index (κ1) is 12.5. The van der Waals surface area contributed by atoms with Crippen LogP contribution in [0.2, 0.25) is 5.02 Å². The van der Waals surface area contributed by atoms with Crippen LogP contribution >= 0.6 is 11.6 Å². The second-order valence-electron chi connectivity index (χ2n) is 3.76. The Bertz CT molecular complexity index is 271. The minimum atomic E-state index is -0.215. The summed E-state index contributed by atoms with van der Waals surface area (Å²) in [5.41, 5.74) is 1.28. The number of halogens is 1. The molecule has 0 spiro atoms. The lowest BCUT2D eigenvalue weighted by Crippen LogP contribution is -2.21. The number of benzene rings is 1. The van der Waals surface area contributed by atoms with E-state index in [2.05, 4.69) is 5.32 Å². The first-order valence-corrected chi connectivity index (χ1v) is 5.69. The SMILES string of the molecule is CC(O)CCNCCc1ccc(Cl)cc1. The van der Waals surface area contributed by atoms with Crippen molar-refractivity contribution in [3.63, 3.8) is 0 Å². The summed E-state index contributed by atoms with van der Waals surface area (Å²) in [7, 11) is 0. The molecular formula is C12H18ClNO. The largest absolute Gasteiger partial charge is 0.393 e. The van der Waals surface area contributed by atoms with Crippen molar-refractivity contribution >= 4 is 11.6 Å². The van der Waals surface area contributed by atoms with Gasteiger partial charge in [0.2, 0.25) is 0 Å². The predicted octanol–water partition coefficient (Wildman–Crippen LogP) is 2.24. The molecular weight excluding hydrogens is 210 g/mol. The highest BCUT2D eigenvalue weighted by atomic mass is 35.5. The zero-order chi connectivity index (χ0) is 11.1. The van der Waals surface area contributed by atoms with E-state index >= 15 is 0 Å². The summed E-state index contributed by atoms with van der Waals surface area (Å²) >= 11 is 5.79. The smallest absolute Gasteiger partial charge is 0.0524 e. The molecule has 2 N–H and O–H groups in total. The van der Waals surface area contributed by atoms with E-state index in [-0.39, 0.29) is 6.10 Å². The molecule has 0 amide bonds. The van der Waals surface area contributed by atoms with Gasteiger partial charge in [0.05, 0.1) is 6.10 Å². The quantitative estimate of drug-likeness (QED) is 0.731. The van der Waals surface area contributed by atoms with Crippen molar-refractivity contribution in [2.24, 2.45) is 0 Å². The first-order chi connectivity index (χ1) is 7.18. The van der Waals surface area contributed by atoms with Gasteiger partial charge in [0.1, 0.15) is 0 Å². The van der Waals surface area contributed by atoms with Gasteiger partial charge in [-0.05, 0) is 50.6 Å². The Morgan fingerprint density at radius 1 is 1.27 bits per heavy atom. The van der Waals surface area contributed by atoms with E-state index in [9.17, 15) is 0 Å². The summed E-state index contributed by atoms with van der Waals surface area (Å²) in [5, 5.41) is 13.1. The molecule has 1 aromatic rings. The molecule has 0 aromatic heterocycles. The summed E-state index contributed by atoms with van der Waals surface area (Å²) in [5.74, 6) is 0. The molecule has 0 aliphatic carbocycles. The predicted molar refractivity (Wildman–Crippen MR) is 64.3 cm³/mol.